The summed E-state index contributed by atoms with van der Waals surface area (Å²) in [4.78, 5) is 114. The van der Waals surface area contributed by atoms with Crippen molar-refractivity contribution < 1.29 is 72.9 Å². The van der Waals surface area contributed by atoms with Crippen LogP contribution in [0.15, 0.2) is 24.3 Å². The Kier molecular flexibility index (Phi) is 18.2. The van der Waals surface area contributed by atoms with Crippen LogP contribution in [0.1, 0.15) is 57.9 Å². The number of aliphatic hydroxyl groups is 2. The fourth-order valence-corrected chi connectivity index (χ4v) is 7.01. The molecule has 59 heavy (non-hydrogen) atoms. The number of phosphoric ester groups is 1. The quantitative estimate of drug-likeness (QED) is 0.0413. The molecule has 0 spiro atoms. The molecule has 2 fully saturated rings. The van der Waals surface area contributed by atoms with Crippen LogP contribution in [0.2, 0.25) is 0 Å². The van der Waals surface area contributed by atoms with Gasteiger partial charge in [0.1, 0.15) is 36.0 Å². The Hall–Kier alpha value is -4.74. The van der Waals surface area contributed by atoms with Gasteiger partial charge in [0, 0.05) is 25.9 Å². The number of unbranched alkanes of at least 4 members (excludes halogenated alkanes) is 1. The maximum Gasteiger partial charge on any atom is 0.469 e. The molecule has 330 valence electrons. The molecule has 2 heterocycles. The molecule has 9 atom stereocenters. The fourth-order valence-electron chi connectivity index (χ4n) is 6.66. The molecule has 0 aromatic heterocycles. The molecule has 3 rings (SSSR count). The molecular formula is C35H55N8O15P. The van der Waals surface area contributed by atoms with E-state index in [9.17, 15) is 68.3 Å². The first-order valence-corrected chi connectivity index (χ1v) is 20.5. The predicted octanol–water partition coefficient (Wildman–Crippen LogP) is -4.12. The summed E-state index contributed by atoms with van der Waals surface area (Å²) in [5.41, 5.74) is 11.6. The number of likely N-dealkylation sites (tertiary alicyclic amines) is 2. The third-order valence-corrected chi connectivity index (χ3v) is 10.2. The van der Waals surface area contributed by atoms with Gasteiger partial charge in [0.2, 0.25) is 35.4 Å². The van der Waals surface area contributed by atoms with Crippen LogP contribution < -0.4 is 32.7 Å². The number of carbonyl (C=O) groups is 7. The number of carboxylic acid groups (broad SMARTS) is 1. The number of phenolic OH excluding ortho intramolecular Hbond substituents is 1. The smallest absolute Gasteiger partial charge is 0.469 e. The molecule has 14 N–H and O–H groups in total. The zero-order valence-electron chi connectivity index (χ0n) is 32.6. The van der Waals surface area contributed by atoms with Gasteiger partial charge in [0.05, 0.1) is 24.9 Å². The number of hydrogen-bond acceptors (Lipinski definition) is 14. The second-order valence-corrected chi connectivity index (χ2v) is 15.8. The molecule has 1 aromatic rings. The van der Waals surface area contributed by atoms with Gasteiger partial charge in [-0.15, -0.1) is 0 Å². The summed E-state index contributed by atoms with van der Waals surface area (Å²) in [6.07, 6.45) is -1.91. The lowest BCUT2D eigenvalue weighted by Crippen LogP contribution is -2.60. The first-order chi connectivity index (χ1) is 27.6. The second-order valence-electron chi connectivity index (χ2n) is 14.6. The minimum absolute atomic E-state index is 0.0816. The molecule has 0 saturated carbocycles. The van der Waals surface area contributed by atoms with E-state index < -0.39 is 117 Å². The number of hydrogen-bond donors (Lipinski definition) is 12. The number of amides is 6. The molecule has 23 nitrogen and oxygen atoms in total. The van der Waals surface area contributed by atoms with Gasteiger partial charge in [-0.3, -0.25) is 33.3 Å². The number of rotatable bonds is 21. The van der Waals surface area contributed by atoms with Crippen LogP contribution in [0.3, 0.4) is 0 Å². The van der Waals surface area contributed by atoms with E-state index in [1.54, 1.807) is 0 Å². The summed E-state index contributed by atoms with van der Waals surface area (Å²) in [7, 11) is -5.27. The number of phenols is 1. The van der Waals surface area contributed by atoms with Crippen molar-refractivity contribution in [1.29, 1.82) is 0 Å². The molecular weight excluding hydrogens is 803 g/mol. The van der Waals surface area contributed by atoms with Crippen molar-refractivity contribution in [2.24, 2.45) is 11.5 Å². The molecule has 0 bridgehead atoms. The second kappa shape index (κ2) is 22.0. The van der Waals surface area contributed by atoms with E-state index in [-0.39, 0.29) is 38.0 Å². The number of carbonyl (C=O) groups excluding carboxylic acids is 6. The number of phosphoric acid groups is 1. The first-order valence-electron chi connectivity index (χ1n) is 19.0. The summed E-state index contributed by atoms with van der Waals surface area (Å²) >= 11 is 0. The normalized spacial score (nSPS) is 21.1. The lowest BCUT2D eigenvalue weighted by Gasteiger charge is -2.31. The van der Waals surface area contributed by atoms with E-state index >= 15 is 0 Å². The molecule has 1 aromatic carbocycles. The van der Waals surface area contributed by atoms with E-state index in [4.69, 9.17) is 11.5 Å². The Balaban J connectivity index is 1.92. The van der Waals surface area contributed by atoms with Crippen LogP contribution in [-0.2, 0) is 49.1 Å². The predicted molar refractivity (Wildman–Crippen MR) is 204 cm³/mol. The SMILES string of the molecule is C[C@H](N)C(=O)N[C@@H](CCCCN)C(=O)N1CCC[C@H]1C(=O)N[C@@H](COP(=O)(O)O)C(=O)N[C@@H](Cc1ccc(O)cc1)C(=O)N1C[C@H](O)C[C@H]1C(=O)N[C@H](C(=O)O)[C@@H](C)O. The van der Waals surface area contributed by atoms with Gasteiger partial charge in [-0.25, -0.2) is 9.36 Å². The van der Waals surface area contributed by atoms with Crippen molar-refractivity contribution in [1.82, 2.24) is 31.1 Å². The van der Waals surface area contributed by atoms with Crippen LogP contribution in [-0.4, -0.2) is 162 Å². The third kappa shape index (κ3) is 14.5. The maximum absolute atomic E-state index is 14.2. The fraction of sp³-hybridized carbons (Fsp3) is 0.629. The molecule has 2 saturated heterocycles. The van der Waals surface area contributed by atoms with Crippen molar-refractivity contribution >= 4 is 49.2 Å². The van der Waals surface area contributed by atoms with E-state index in [0.717, 1.165) is 11.8 Å². The minimum Gasteiger partial charge on any atom is -0.508 e. The highest BCUT2D eigenvalue weighted by Crippen LogP contribution is 2.35. The standard InChI is InChI=1S/C35H55N8O15P/c1-18(37)29(47)38-23(6-3-4-12-36)33(51)42-13-5-7-26(42)31(49)40-25(17-58-59(55,56)57)30(48)39-24(14-20-8-10-21(45)11-9-20)34(52)43-16-22(46)15-27(43)32(50)41-28(19(2)44)35(53)54/h8-11,18-19,22-28,44-46H,3-7,12-17,36-37H2,1-2H3,(H,38,47)(H,39,48)(H,40,49)(H,41,50)(H,53,54)(H2,55,56,57)/t18-,19+,22+,23-,24-,25-,26-,27-,28-/m0/s1. The van der Waals surface area contributed by atoms with E-state index in [1.807, 2.05) is 0 Å². The zero-order valence-corrected chi connectivity index (χ0v) is 33.5. The highest BCUT2D eigenvalue weighted by Gasteiger charge is 2.44. The Morgan fingerprint density at radius 3 is 2.07 bits per heavy atom. The van der Waals surface area contributed by atoms with Gasteiger partial charge in [0.25, 0.3) is 0 Å². The van der Waals surface area contributed by atoms with Crippen LogP contribution in [0.25, 0.3) is 0 Å². The number of aromatic hydroxyl groups is 1. The van der Waals surface area contributed by atoms with Gasteiger partial charge in [-0.05, 0) is 70.2 Å². The third-order valence-electron chi connectivity index (χ3n) is 9.76. The van der Waals surface area contributed by atoms with E-state index in [1.165, 1.54) is 36.1 Å². The molecule has 0 aliphatic carbocycles. The summed E-state index contributed by atoms with van der Waals surface area (Å²) in [5, 5.41) is 49.2. The van der Waals surface area contributed by atoms with Crippen molar-refractivity contribution in [3.8, 4) is 5.75 Å². The van der Waals surface area contributed by atoms with Crippen molar-refractivity contribution in [3.05, 3.63) is 29.8 Å². The zero-order chi connectivity index (χ0) is 44.2. The molecule has 6 amide bonds. The molecule has 24 heteroatoms. The molecule has 2 aliphatic rings. The van der Waals surface area contributed by atoms with Crippen molar-refractivity contribution in [2.45, 2.75) is 113 Å². The summed E-state index contributed by atoms with van der Waals surface area (Å²) in [5.74, 6) is -7.09. The van der Waals surface area contributed by atoms with Crippen molar-refractivity contribution in [3.63, 3.8) is 0 Å². The van der Waals surface area contributed by atoms with Crippen LogP contribution in [0, 0.1) is 0 Å². The molecule has 2 aliphatic heterocycles. The largest absolute Gasteiger partial charge is 0.508 e. The van der Waals surface area contributed by atoms with Crippen LogP contribution in [0.5, 0.6) is 5.75 Å². The number of benzene rings is 1. The summed E-state index contributed by atoms with van der Waals surface area (Å²) < 4.78 is 16.3. The number of nitrogens with zero attached hydrogens (tertiary/aromatic N) is 2. The maximum atomic E-state index is 14.2. The van der Waals surface area contributed by atoms with Crippen LogP contribution >= 0.6 is 7.82 Å². The lowest BCUT2D eigenvalue weighted by atomic mass is 10.0. The highest BCUT2D eigenvalue weighted by atomic mass is 31.2. The monoisotopic (exact) mass is 858 g/mol. The van der Waals surface area contributed by atoms with Gasteiger partial charge >= 0.3 is 13.8 Å². The Morgan fingerprint density at radius 2 is 1.49 bits per heavy atom. The molecule has 0 radical (unpaired) electrons. The highest BCUT2D eigenvalue weighted by molar-refractivity contribution is 7.46. The topological polar surface area (TPSA) is 374 Å². The van der Waals surface area contributed by atoms with Gasteiger partial charge in [-0.2, -0.15) is 0 Å². The number of β-amino-alcohol motifs (C(OH)–C–C–N with tert-alkyl or cyclic N) is 1. The van der Waals surface area contributed by atoms with E-state index in [2.05, 4.69) is 25.8 Å². The average Bonchev–Trinajstić information content (AvgIpc) is 3.81. The van der Waals surface area contributed by atoms with Gasteiger partial charge in [-0.1, -0.05) is 12.1 Å². The molecule has 0 unspecified atom stereocenters. The number of nitrogens with one attached hydrogen (secondary N) is 4. The Morgan fingerprint density at radius 1 is 0.881 bits per heavy atom. The van der Waals surface area contributed by atoms with Gasteiger partial charge in [0.15, 0.2) is 6.04 Å². The number of carboxylic acids is 1. The summed E-state index contributed by atoms with van der Waals surface area (Å²) in [6, 6.07) is -4.64. The minimum atomic E-state index is -5.27. The number of aliphatic carboxylic acids is 1. The number of aliphatic hydroxyl groups excluding tert-OH is 2. The number of nitrogens with two attached hydrogens (primary N) is 2. The summed E-state index contributed by atoms with van der Waals surface area (Å²) in [6.45, 7) is 1.38. The average molecular weight is 859 g/mol. The van der Waals surface area contributed by atoms with Gasteiger partial charge < -0.3 is 72.7 Å². The van der Waals surface area contributed by atoms with Crippen LogP contribution in [0.4, 0.5) is 0 Å². The van der Waals surface area contributed by atoms with E-state index in [0.29, 0.717) is 31.4 Å². The Labute approximate surface area is 339 Å². The lowest BCUT2D eigenvalue weighted by molar-refractivity contribution is -0.147. The Bertz CT molecular complexity index is 1710. The first kappa shape index (κ1) is 48.6. The van der Waals surface area contributed by atoms with Crippen molar-refractivity contribution in [2.75, 3.05) is 26.2 Å².